The number of aryl methyl sites for hydroxylation is 2. The fraction of sp³-hybridized carbons (Fsp3) is 0.211. The van der Waals surface area contributed by atoms with Crippen LogP contribution >= 0.6 is 0 Å². The van der Waals surface area contributed by atoms with Crippen LogP contribution < -0.4 is 4.74 Å². The summed E-state index contributed by atoms with van der Waals surface area (Å²) in [4.78, 5) is 13.6. The molecule has 0 aliphatic rings. The summed E-state index contributed by atoms with van der Waals surface area (Å²) in [5.74, 6) is 1.13. The quantitative estimate of drug-likeness (QED) is 0.728. The van der Waals surface area contributed by atoms with Gasteiger partial charge in [-0.3, -0.25) is 0 Å². The summed E-state index contributed by atoms with van der Waals surface area (Å²) < 4.78 is 5.23. The number of ether oxygens (including phenoxy) is 1. The molecule has 0 bridgehead atoms. The highest BCUT2D eigenvalue weighted by Gasteiger charge is 2.10. The van der Waals surface area contributed by atoms with Crippen LogP contribution in [-0.2, 0) is 6.42 Å². The van der Waals surface area contributed by atoms with Gasteiger partial charge in [-0.15, -0.1) is 0 Å². The third-order valence-electron chi connectivity index (χ3n) is 3.69. The number of benzene rings is 1. The van der Waals surface area contributed by atoms with Gasteiger partial charge in [0, 0.05) is 17.3 Å². The Morgan fingerprint density at radius 1 is 0.913 bits per heavy atom. The van der Waals surface area contributed by atoms with Crippen LogP contribution in [0.15, 0.2) is 48.5 Å². The molecular weight excluding hydrogens is 286 g/mol. The molecule has 0 fully saturated rings. The lowest BCUT2D eigenvalue weighted by Gasteiger charge is -2.09. The third kappa shape index (κ3) is 3.21. The number of aromatic nitrogens is 3. The molecule has 0 aliphatic carbocycles. The van der Waals surface area contributed by atoms with Gasteiger partial charge in [0.25, 0.3) is 0 Å². The summed E-state index contributed by atoms with van der Waals surface area (Å²) in [6, 6.07) is 16.1. The number of rotatable bonds is 4. The molecule has 0 atom stereocenters. The van der Waals surface area contributed by atoms with Crippen molar-refractivity contribution in [3.05, 3.63) is 59.8 Å². The number of hydrogen-bond donors (Lipinski definition) is 0. The van der Waals surface area contributed by atoms with E-state index in [2.05, 4.69) is 35.1 Å². The minimum Gasteiger partial charge on any atom is -0.481 e. The van der Waals surface area contributed by atoms with Gasteiger partial charge in [-0.05, 0) is 31.0 Å². The molecule has 0 spiro atoms. The number of nitrogens with zero attached hydrogens (tertiary/aromatic N) is 3. The van der Waals surface area contributed by atoms with Crippen molar-refractivity contribution in [1.82, 2.24) is 15.0 Å². The van der Waals surface area contributed by atoms with Gasteiger partial charge in [0.2, 0.25) is 5.88 Å². The van der Waals surface area contributed by atoms with Gasteiger partial charge in [-0.25, -0.2) is 9.97 Å². The van der Waals surface area contributed by atoms with E-state index in [4.69, 9.17) is 9.72 Å². The van der Waals surface area contributed by atoms with Crippen molar-refractivity contribution in [3.8, 4) is 28.7 Å². The minimum atomic E-state index is 0.550. The average Bonchev–Trinajstić information content (AvgIpc) is 2.61. The first-order valence-corrected chi connectivity index (χ1v) is 7.66. The van der Waals surface area contributed by atoms with Crippen LogP contribution in [0.2, 0.25) is 0 Å². The van der Waals surface area contributed by atoms with Crippen molar-refractivity contribution in [3.63, 3.8) is 0 Å². The zero-order valence-corrected chi connectivity index (χ0v) is 13.6. The third-order valence-corrected chi connectivity index (χ3v) is 3.69. The van der Waals surface area contributed by atoms with E-state index < -0.39 is 0 Å². The minimum absolute atomic E-state index is 0.550. The summed E-state index contributed by atoms with van der Waals surface area (Å²) in [5.41, 5.74) is 4.96. The van der Waals surface area contributed by atoms with Gasteiger partial charge in [0.05, 0.1) is 12.8 Å². The fourth-order valence-electron chi connectivity index (χ4n) is 2.55. The van der Waals surface area contributed by atoms with Gasteiger partial charge in [0.15, 0.2) is 5.82 Å². The van der Waals surface area contributed by atoms with E-state index >= 15 is 0 Å². The SMILES string of the molecule is CCc1ccccc1-c1cccc(-c2nc(C)cc(OC)n2)n1. The molecule has 0 unspecified atom stereocenters. The maximum absolute atomic E-state index is 5.23. The molecule has 1 aromatic carbocycles. The Morgan fingerprint density at radius 3 is 2.48 bits per heavy atom. The number of hydrogen-bond acceptors (Lipinski definition) is 4. The highest BCUT2D eigenvalue weighted by atomic mass is 16.5. The van der Waals surface area contributed by atoms with Crippen molar-refractivity contribution in [2.45, 2.75) is 20.3 Å². The van der Waals surface area contributed by atoms with Gasteiger partial charge >= 0.3 is 0 Å². The highest BCUT2D eigenvalue weighted by molar-refractivity contribution is 5.66. The summed E-state index contributed by atoms with van der Waals surface area (Å²) in [7, 11) is 1.60. The highest BCUT2D eigenvalue weighted by Crippen LogP contribution is 2.25. The largest absolute Gasteiger partial charge is 0.481 e. The maximum atomic E-state index is 5.23. The molecule has 0 amide bonds. The molecule has 23 heavy (non-hydrogen) atoms. The predicted molar refractivity (Wildman–Crippen MR) is 91.4 cm³/mol. The van der Waals surface area contributed by atoms with Crippen molar-refractivity contribution >= 4 is 0 Å². The van der Waals surface area contributed by atoms with E-state index in [0.717, 1.165) is 29.1 Å². The first-order valence-electron chi connectivity index (χ1n) is 7.66. The zero-order chi connectivity index (χ0) is 16.2. The van der Waals surface area contributed by atoms with Crippen LogP contribution in [0.5, 0.6) is 5.88 Å². The topological polar surface area (TPSA) is 47.9 Å². The molecular formula is C19H19N3O. The van der Waals surface area contributed by atoms with Crippen LogP contribution in [-0.4, -0.2) is 22.1 Å². The first kappa shape index (κ1) is 15.2. The normalized spacial score (nSPS) is 10.6. The molecule has 4 nitrogen and oxygen atoms in total. The van der Waals surface area contributed by atoms with Crippen molar-refractivity contribution < 1.29 is 4.74 Å². The van der Waals surface area contributed by atoms with Crippen molar-refractivity contribution in [2.24, 2.45) is 0 Å². The molecule has 0 saturated heterocycles. The molecule has 0 radical (unpaired) electrons. The van der Waals surface area contributed by atoms with Gasteiger partial charge in [0.1, 0.15) is 5.69 Å². The summed E-state index contributed by atoms with van der Waals surface area (Å²) in [6.45, 7) is 4.07. The van der Waals surface area contributed by atoms with E-state index in [0.29, 0.717) is 11.7 Å². The van der Waals surface area contributed by atoms with Crippen molar-refractivity contribution in [1.29, 1.82) is 0 Å². The van der Waals surface area contributed by atoms with E-state index in [1.807, 2.05) is 31.2 Å². The summed E-state index contributed by atoms with van der Waals surface area (Å²) in [6.07, 6.45) is 0.969. The first-order chi connectivity index (χ1) is 11.2. The zero-order valence-electron chi connectivity index (χ0n) is 13.6. The summed E-state index contributed by atoms with van der Waals surface area (Å²) in [5, 5.41) is 0. The van der Waals surface area contributed by atoms with Crippen LogP contribution in [0.4, 0.5) is 0 Å². The van der Waals surface area contributed by atoms with Crippen LogP contribution in [0, 0.1) is 6.92 Å². The molecule has 0 N–H and O–H groups in total. The standard InChI is InChI=1S/C19H19N3O/c1-4-14-8-5-6-9-15(14)16-10-7-11-17(21-16)19-20-13(2)12-18(22-19)23-3/h5-12H,4H2,1-3H3. The Labute approximate surface area is 136 Å². The molecule has 3 rings (SSSR count). The monoisotopic (exact) mass is 305 g/mol. The number of methoxy groups -OCH3 is 1. The Kier molecular flexibility index (Phi) is 4.33. The lowest BCUT2D eigenvalue weighted by atomic mass is 10.0. The van der Waals surface area contributed by atoms with Crippen LogP contribution in [0.3, 0.4) is 0 Å². The second kappa shape index (κ2) is 6.57. The Morgan fingerprint density at radius 2 is 1.70 bits per heavy atom. The van der Waals surface area contributed by atoms with Gasteiger partial charge < -0.3 is 4.74 Å². The van der Waals surface area contributed by atoms with Crippen LogP contribution in [0.25, 0.3) is 22.8 Å². The molecule has 2 aromatic heterocycles. The van der Waals surface area contributed by atoms with E-state index in [1.54, 1.807) is 13.2 Å². The second-order valence-electron chi connectivity index (χ2n) is 5.29. The number of pyridine rings is 1. The second-order valence-corrected chi connectivity index (χ2v) is 5.29. The Hall–Kier alpha value is -2.75. The van der Waals surface area contributed by atoms with E-state index in [-0.39, 0.29) is 0 Å². The van der Waals surface area contributed by atoms with Gasteiger partial charge in [-0.2, -0.15) is 4.98 Å². The fourth-order valence-corrected chi connectivity index (χ4v) is 2.55. The molecule has 2 heterocycles. The molecule has 4 heteroatoms. The maximum Gasteiger partial charge on any atom is 0.216 e. The smallest absolute Gasteiger partial charge is 0.216 e. The molecule has 116 valence electrons. The lowest BCUT2D eigenvalue weighted by molar-refractivity contribution is 0.397. The Bertz CT molecular complexity index is 830. The van der Waals surface area contributed by atoms with E-state index in [9.17, 15) is 0 Å². The lowest BCUT2D eigenvalue weighted by Crippen LogP contribution is -1.98. The molecule has 0 aliphatic heterocycles. The summed E-state index contributed by atoms with van der Waals surface area (Å²) >= 11 is 0. The predicted octanol–water partition coefficient (Wildman–Crippen LogP) is 4.09. The molecule has 0 saturated carbocycles. The van der Waals surface area contributed by atoms with Gasteiger partial charge in [-0.1, -0.05) is 37.3 Å². The average molecular weight is 305 g/mol. The molecule has 3 aromatic rings. The van der Waals surface area contributed by atoms with E-state index in [1.165, 1.54) is 5.56 Å². The van der Waals surface area contributed by atoms with Crippen molar-refractivity contribution in [2.75, 3.05) is 7.11 Å². The van der Waals surface area contributed by atoms with Crippen LogP contribution in [0.1, 0.15) is 18.2 Å². The Balaban J connectivity index is 2.08.